The standard InChI is InChI=1S/C20H22FN3OS.ClH/c1-13-5-10-17-18(14(13)2)22-20(26-17)24(12-11-23(3)4)19(25)15-6-8-16(21)9-7-15;/h5-10H,11-12H2,1-4H3;1H. The van der Waals surface area contributed by atoms with Crippen LogP contribution in [0.3, 0.4) is 0 Å². The van der Waals surface area contributed by atoms with Crippen molar-refractivity contribution in [2.45, 2.75) is 13.8 Å². The van der Waals surface area contributed by atoms with Crippen molar-refractivity contribution in [1.29, 1.82) is 0 Å². The van der Waals surface area contributed by atoms with E-state index in [1.54, 1.807) is 4.90 Å². The van der Waals surface area contributed by atoms with E-state index in [-0.39, 0.29) is 24.1 Å². The Morgan fingerprint density at radius 1 is 1.07 bits per heavy atom. The highest BCUT2D eigenvalue weighted by Gasteiger charge is 2.22. The lowest BCUT2D eigenvalue weighted by Gasteiger charge is -2.22. The molecular weight excluding hydrogens is 385 g/mol. The highest BCUT2D eigenvalue weighted by molar-refractivity contribution is 7.22. The fourth-order valence-electron chi connectivity index (χ4n) is 2.66. The first-order valence-corrected chi connectivity index (χ1v) is 9.27. The van der Waals surface area contributed by atoms with E-state index in [9.17, 15) is 9.18 Å². The molecule has 7 heteroatoms. The molecule has 0 aliphatic heterocycles. The number of carbonyl (C=O) groups is 1. The fourth-order valence-corrected chi connectivity index (χ4v) is 3.71. The molecule has 1 aromatic heterocycles. The summed E-state index contributed by atoms with van der Waals surface area (Å²) in [5, 5.41) is 0.671. The van der Waals surface area contributed by atoms with Crippen LogP contribution < -0.4 is 4.90 Å². The first-order valence-electron chi connectivity index (χ1n) is 8.45. The van der Waals surface area contributed by atoms with Gasteiger partial charge in [0.2, 0.25) is 0 Å². The monoisotopic (exact) mass is 407 g/mol. The topological polar surface area (TPSA) is 36.4 Å². The highest BCUT2D eigenvalue weighted by atomic mass is 35.5. The number of nitrogens with zero attached hydrogens (tertiary/aromatic N) is 3. The number of hydrogen-bond donors (Lipinski definition) is 0. The lowest BCUT2D eigenvalue weighted by molar-refractivity contribution is 0.0985. The van der Waals surface area contributed by atoms with Crippen LogP contribution in [-0.2, 0) is 0 Å². The van der Waals surface area contributed by atoms with Crippen LogP contribution in [0.5, 0.6) is 0 Å². The van der Waals surface area contributed by atoms with Gasteiger partial charge < -0.3 is 4.90 Å². The molecule has 144 valence electrons. The normalized spacial score (nSPS) is 10.9. The number of anilines is 1. The summed E-state index contributed by atoms with van der Waals surface area (Å²) in [6.07, 6.45) is 0. The third-order valence-corrected chi connectivity index (χ3v) is 5.46. The number of likely N-dealkylation sites (N-methyl/N-ethyl adjacent to an activating group) is 1. The van der Waals surface area contributed by atoms with Crippen molar-refractivity contribution in [3.63, 3.8) is 0 Å². The van der Waals surface area contributed by atoms with Crippen molar-refractivity contribution in [1.82, 2.24) is 9.88 Å². The first-order chi connectivity index (χ1) is 12.4. The Morgan fingerprint density at radius 2 is 1.74 bits per heavy atom. The number of aromatic nitrogens is 1. The molecule has 0 N–H and O–H groups in total. The highest BCUT2D eigenvalue weighted by Crippen LogP contribution is 2.32. The minimum absolute atomic E-state index is 0. The Kier molecular flexibility index (Phi) is 6.92. The van der Waals surface area contributed by atoms with Crippen molar-refractivity contribution in [3.8, 4) is 0 Å². The fraction of sp³-hybridized carbons (Fsp3) is 0.300. The molecule has 0 fully saturated rings. The molecule has 0 radical (unpaired) electrons. The van der Waals surface area contributed by atoms with Gasteiger partial charge in [-0.3, -0.25) is 9.69 Å². The maximum atomic E-state index is 13.2. The second kappa shape index (κ2) is 8.78. The molecule has 3 aromatic rings. The van der Waals surface area contributed by atoms with Gasteiger partial charge in [-0.25, -0.2) is 9.37 Å². The molecule has 0 spiro atoms. The van der Waals surface area contributed by atoms with E-state index in [4.69, 9.17) is 4.98 Å². The first kappa shape index (κ1) is 21.3. The maximum Gasteiger partial charge on any atom is 0.260 e. The SMILES string of the molecule is Cc1ccc2sc(N(CCN(C)C)C(=O)c3ccc(F)cc3)nc2c1C.Cl. The largest absolute Gasteiger partial charge is 0.308 e. The van der Waals surface area contributed by atoms with Crippen LogP contribution >= 0.6 is 23.7 Å². The van der Waals surface area contributed by atoms with Gasteiger partial charge in [-0.05, 0) is 69.4 Å². The van der Waals surface area contributed by atoms with E-state index in [0.29, 0.717) is 23.8 Å². The second-order valence-electron chi connectivity index (χ2n) is 6.62. The van der Waals surface area contributed by atoms with E-state index < -0.39 is 0 Å². The quantitative estimate of drug-likeness (QED) is 0.616. The molecule has 0 aliphatic carbocycles. The lowest BCUT2D eigenvalue weighted by Crippen LogP contribution is -2.36. The number of halogens is 2. The van der Waals surface area contributed by atoms with Gasteiger partial charge in [0.05, 0.1) is 10.2 Å². The van der Waals surface area contributed by atoms with Gasteiger partial charge >= 0.3 is 0 Å². The Bertz CT molecular complexity index is 940. The van der Waals surface area contributed by atoms with Crippen LogP contribution in [0.1, 0.15) is 21.5 Å². The average molecular weight is 408 g/mol. The zero-order chi connectivity index (χ0) is 18.8. The number of rotatable bonds is 5. The molecule has 0 bridgehead atoms. The Labute approximate surface area is 169 Å². The molecule has 0 atom stereocenters. The molecule has 1 amide bonds. The summed E-state index contributed by atoms with van der Waals surface area (Å²) >= 11 is 1.51. The number of aryl methyl sites for hydroxylation is 2. The third-order valence-electron chi connectivity index (χ3n) is 4.41. The predicted octanol–water partition coefficient (Wildman–Crippen LogP) is 4.68. The summed E-state index contributed by atoms with van der Waals surface area (Å²) in [4.78, 5) is 21.5. The molecule has 0 unspecified atom stereocenters. The molecule has 4 nitrogen and oxygen atoms in total. The smallest absolute Gasteiger partial charge is 0.260 e. The third kappa shape index (κ3) is 4.64. The van der Waals surface area contributed by atoms with Crippen molar-refractivity contribution >= 4 is 45.0 Å². The molecule has 2 aromatic carbocycles. The van der Waals surface area contributed by atoms with Crippen LogP contribution in [0.2, 0.25) is 0 Å². The lowest BCUT2D eigenvalue weighted by atomic mass is 10.1. The summed E-state index contributed by atoms with van der Waals surface area (Å²) in [6.45, 7) is 5.33. The van der Waals surface area contributed by atoms with Gasteiger partial charge in [0.1, 0.15) is 5.82 Å². The van der Waals surface area contributed by atoms with E-state index in [2.05, 4.69) is 13.0 Å². The Balaban J connectivity index is 0.00000261. The summed E-state index contributed by atoms with van der Waals surface area (Å²) in [6, 6.07) is 9.77. The molecule has 0 aliphatic rings. The van der Waals surface area contributed by atoms with E-state index in [0.717, 1.165) is 15.8 Å². The number of thiazole rings is 1. The molecule has 0 saturated carbocycles. The minimum Gasteiger partial charge on any atom is -0.308 e. The minimum atomic E-state index is -0.354. The van der Waals surface area contributed by atoms with E-state index in [1.807, 2.05) is 32.0 Å². The van der Waals surface area contributed by atoms with Crippen molar-refractivity contribution < 1.29 is 9.18 Å². The van der Waals surface area contributed by atoms with Gasteiger partial charge in [0.25, 0.3) is 5.91 Å². The average Bonchev–Trinajstić information content (AvgIpc) is 3.03. The van der Waals surface area contributed by atoms with E-state index in [1.165, 1.54) is 41.2 Å². The van der Waals surface area contributed by atoms with Crippen molar-refractivity contribution in [2.75, 3.05) is 32.1 Å². The number of benzene rings is 2. The molecule has 3 rings (SSSR count). The summed E-state index contributed by atoms with van der Waals surface area (Å²) in [5.74, 6) is -0.521. The van der Waals surface area contributed by atoms with Crippen LogP contribution in [0.15, 0.2) is 36.4 Å². The van der Waals surface area contributed by atoms with Gasteiger partial charge in [0, 0.05) is 18.7 Å². The molecule has 27 heavy (non-hydrogen) atoms. The van der Waals surface area contributed by atoms with Gasteiger partial charge in [-0.15, -0.1) is 12.4 Å². The van der Waals surface area contributed by atoms with Gasteiger partial charge in [-0.2, -0.15) is 0 Å². The molecule has 0 saturated heterocycles. The summed E-state index contributed by atoms with van der Waals surface area (Å²) < 4.78 is 14.3. The summed E-state index contributed by atoms with van der Waals surface area (Å²) in [7, 11) is 3.93. The number of fused-ring (bicyclic) bond motifs is 1. The predicted molar refractivity (Wildman–Crippen MR) is 113 cm³/mol. The molecule has 1 heterocycles. The zero-order valence-electron chi connectivity index (χ0n) is 15.8. The maximum absolute atomic E-state index is 13.2. The summed E-state index contributed by atoms with van der Waals surface area (Å²) in [5.41, 5.74) is 3.70. The Morgan fingerprint density at radius 3 is 2.37 bits per heavy atom. The van der Waals surface area contributed by atoms with E-state index >= 15 is 0 Å². The second-order valence-corrected chi connectivity index (χ2v) is 7.63. The Hall–Kier alpha value is -2.02. The van der Waals surface area contributed by atoms with Gasteiger partial charge in [-0.1, -0.05) is 17.4 Å². The number of carbonyl (C=O) groups excluding carboxylic acids is 1. The van der Waals surface area contributed by atoms with Crippen LogP contribution in [0.25, 0.3) is 10.2 Å². The number of amides is 1. The van der Waals surface area contributed by atoms with Crippen LogP contribution in [0, 0.1) is 19.7 Å². The van der Waals surface area contributed by atoms with Gasteiger partial charge in [0.15, 0.2) is 5.13 Å². The van der Waals surface area contributed by atoms with Crippen molar-refractivity contribution in [2.24, 2.45) is 0 Å². The van der Waals surface area contributed by atoms with Crippen LogP contribution in [0.4, 0.5) is 9.52 Å². The number of hydrogen-bond acceptors (Lipinski definition) is 4. The molecular formula is C20H23ClFN3OS. The van der Waals surface area contributed by atoms with Crippen molar-refractivity contribution in [3.05, 3.63) is 58.9 Å². The zero-order valence-corrected chi connectivity index (χ0v) is 17.5. The van der Waals surface area contributed by atoms with Crippen LogP contribution in [-0.4, -0.2) is 43.0 Å².